The Bertz CT molecular complexity index is 516. The summed E-state index contributed by atoms with van der Waals surface area (Å²) in [4.78, 5) is 8.20. The minimum absolute atomic E-state index is 0.0446. The molecule has 0 amide bonds. The van der Waals surface area contributed by atoms with Crippen molar-refractivity contribution in [3.8, 4) is 0 Å². The number of nitrogens with zero attached hydrogens (tertiary/aromatic N) is 2. The Balaban J connectivity index is 2.01. The number of aromatic nitrogens is 2. The third kappa shape index (κ3) is 3.56. The second-order valence-corrected chi connectivity index (χ2v) is 7.06. The van der Waals surface area contributed by atoms with Crippen molar-refractivity contribution < 1.29 is 8.42 Å². The Kier molecular flexibility index (Phi) is 3.70. The van der Waals surface area contributed by atoms with Crippen LogP contribution in [0.15, 0.2) is 12.4 Å². The van der Waals surface area contributed by atoms with Gasteiger partial charge in [0, 0.05) is 18.2 Å². The third-order valence-electron chi connectivity index (χ3n) is 2.69. The van der Waals surface area contributed by atoms with Gasteiger partial charge >= 0.3 is 0 Å². The van der Waals surface area contributed by atoms with Crippen molar-refractivity contribution >= 4 is 21.5 Å². The van der Waals surface area contributed by atoms with Crippen molar-refractivity contribution in [3.63, 3.8) is 0 Å². The average Bonchev–Trinajstić information content (AvgIpc) is 2.57. The van der Waals surface area contributed by atoms with Crippen LogP contribution < -0.4 is 10.6 Å². The van der Waals surface area contributed by atoms with Gasteiger partial charge in [0.05, 0.1) is 11.5 Å². The van der Waals surface area contributed by atoms with Crippen LogP contribution in [0.5, 0.6) is 0 Å². The molecule has 0 spiro atoms. The van der Waals surface area contributed by atoms with Gasteiger partial charge < -0.3 is 10.6 Å². The maximum absolute atomic E-state index is 11.4. The minimum Gasteiger partial charge on any atom is -0.368 e. The van der Waals surface area contributed by atoms with E-state index in [1.165, 1.54) is 6.33 Å². The number of sulfone groups is 1. The number of rotatable bonds is 4. The lowest BCUT2D eigenvalue weighted by Gasteiger charge is -2.13. The molecule has 0 saturated carbocycles. The van der Waals surface area contributed by atoms with Crippen LogP contribution in [0.2, 0.25) is 0 Å². The topological polar surface area (TPSA) is 84.0 Å². The van der Waals surface area contributed by atoms with E-state index in [1.807, 2.05) is 13.8 Å². The molecule has 2 N–H and O–H groups in total. The van der Waals surface area contributed by atoms with E-state index in [2.05, 4.69) is 20.6 Å². The summed E-state index contributed by atoms with van der Waals surface area (Å²) in [6.45, 7) is 4.05. The van der Waals surface area contributed by atoms with E-state index in [-0.39, 0.29) is 17.5 Å². The quantitative estimate of drug-likeness (QED) is 0.845. The summed E-state index contributed by atoms with van der Waals surface area (Å²) >= 11 is 0. The van der Waals surface area contributed by atoms with E-state index in [0.29, 0.717) is 18.3 Å². The maximum atomic E-state index is 11.4. The molecule has 1 aliphatic heterocycles. The summed E-state index contributed by atoms with van der Waals surface area (Å²) in [5.41, 5.74) is 0. The lowest BCUT2D eigenvalue weighted by molar-refractivity contribution is 0.602. The molecule has 0 bridgehead atoms. The first-order valence-corrected chi connectivity index (χ1v) is 7.82. The van der Waals surface area contributed by atoms with Crippen LogP contribution in [0.3, 0.4) is 0 Å². The first kappa shape index (κ1) is 13.1. The highest BCUT2D eigenvalue weighted by Crippen LogP contribution is 2.17. The lowest BCUT2D eigenvalue weighted by atomic mass is 10.2. The highest BCUT2D eigenvalue weighted by atomic mass is 32.2. The molecule has 0 aliphatic carbocycles. The zero-order valence-electron chi connectivity index (χ0n) is 10.5. The molecule has 0 aromatic carbocycles. The molecule has 18 heavy (non-hydrogen) atoms. The monoisotopic (exact) mass is 270 g/mol. The zero-order valence-corrected chi connectivity index (χ0v) is 11.4. The van der Waals surface area contributed by atoms with E-state index in [4.69, 9.17) is 0 Å². The van der Waals surface area contributed by atoms with Gasteiger partial charge in [-0.3, -0.25) is 0 Å². The van der Waals surface area contributed by atoms with Crippen LogP contribution in [-0.4, -0.2) is 42.0 Å². The van der Waals surface area contributed by atoms with Gasteiger partial charge in [0.2, 0.25) is 0 Å². The molecule has 1 atom stereocenters. The van der Waals surface area contributed by atoms with Gasteiger partial charge in [-0.15, -0.1) is 0 Å². The predicted molar refractivity (Wildman–Crippen MR) is 71.5 cm³/mol. The molecule has 2 heterocycles. The van der Waals surface area contributed by atoms with Crippen molar-refractivity contribution in [2.24, 2.45) is 0 Å². The summed E-state index contributed by atoms with van der Waals surface area (Å²) in [5.74, 6) is 1.84. The number of hydrogen-bond donors (Lipinski definition) is 2. The van der Waals surface area contributed by atoms with E-state index in [0.717, 1.165) is 5.82 Å². The second-order valence-electron chi connectivity index (χ2n) is 4.83. The van der Waals surface area contributed by atoms with Gasteiger partial charge in [-0.1, -0.05) is 0 Å². The molecule has 2 rings (SSSR count). The SMILES string of the molecule is CC(C)Nc1cc(NC2CCS(=O)(=O)C2)ncn1. The molecule has 1 aliphatic rings. The van der Waals surface area contributed by atoms with Gasteiger partial charge in [0.25, 0.3) is 0 Å². The van der Waals surface area contributed by atoms with Crippen LogP contribution >= 0.6 is 0 Å². The van der Waals surface area contributed by atoms with E-state index in [9.17, 15) is 8.42 Å². The van der Waals surface area contributed by atoms with Crippen molar-refractivity contribution in [1.82, 2.24) is 9.97 Å². The summed E-state index contributed by atoms with van der Waals surface area (Å²) in [6, 6.07) is 2.04. The molecular weight excluding hydrogens is 252 g/mol. The molecule has 1 aromatic rings. The summed E-state index contributed by atoms with van der Waals surface area (Å²) < 4.78 is 22.7. The summed E-state index contributed by atoms with van der Waals surface area (Å²) in [6.07, 6.45) is 2.11. The molecular formula is C11H18N4O2S. The Labute approximate surface area is 107 Å². The largest absolute Gasteiger partial charge is 0.368 e. The highest BCUT2D eigenvalue weighted by Gasteiger charge is 2.27. The van der Waals surface area contributed by atoms with E-state index < -0.39 is 9.84 Å². The Morgan fingerprint density at radius 3 is 2.67 bits per heavy atom. The van der Waals surface area contributed by atoms with Crippen LogP contribution in [0.25, 0.3) is 0 Å². The molecule has 0 radical (unpaired) electrons. The molecule has 6 nitrogen and oxygen atoms in total. The standard InChI is InChI=1S/C11H18N4O2S/c1-8(2)14-10-5-11(13-7-12-10)15-9-3-4-18(16,17)6-9/h5,7-9H,3-4,6H2,1-2H3,(H2,12,13,14,15). The Morgan fingerprint density at radius 1 is 1.33 bits per heavy atom. The second kappa shape index (κ2) is 5.09. The lowest BCUT2D eigenvalue weighted by Crippen LogP contribution is -2.21. The summed E-state index contributed by atoms with van der Waals surface area (Å²) in [5, 5.41) is 6.32. The van der Waals surface area contributed by atoms with Crippen LogP contribution in [0.4, 0.5) is 11.6 Å². The fourth-order valence-corrected chi connectivity index (χ4v) is 3.60. The predicted octanol–water partition coefficient (Wildman–Crippen LogP) is 0.896. The average molecular weight is 270 g/mol. The van der Waals surface area contributed by atoms with Crippen molar-refractivity contribution in [2.45, 2.75) is 32.4 Å². The van der Waals surface area contributed by atoms with Gasteiger partial charge in [0.1, 0.15) is 18.0 Å². The fourth-order valence-electron chi connectivity index (χ4n) is 1.93. The first-order valence-electron chi connectivity index (χ1n) is 6.00. The Hall–Kier alpha value is -1.37. The molecule has 7 heteroatoms. The van der Waals surface area contributed by atoms with Gasteiger partial charge in [0.15, 0.2) is 9.84 Å². The Morgan fingerprint density at radius 2 is 2.06 bits per heavy atom. The van der Waals surface area contributed by atoms with Crippen molar-refractivity contribution in [2.75, 3.05) is 22.1 Å². The zero-order chi connectivity index (χ0) is 13.2. The number of hydrogen-bond acceptors (Lipinski definition) is 6. The molecule has 1 saturated heterocycles. The van der Waals surface area contributed by atoms with Gasteiger partial charge in [-0.2, -0.15) is 0 Å². The maximum Gasteiger partial charge on any atom is 0.152 e. The van der Waals surface area contributed by atoms with Gasteiger partial charge in [-0.05, 0) is 20.3 Å². The van der Waals surface area contributed by atoms with Crippen LogP contribution in [0.1, 0.15) is 20.3 Å². The minimum atomic E-state index is -2.87. The van der Waals surface area contributed by atoms with Crippen LogP contribution in [-0.2, 0) is 9.84 Å². The number of anilines is 2. The highest BCUT2D eigenvalue weighted by molar-refractivity contribution is 7.91. The van der Waals surface area contributed by atoms with Gasteiger partial charge in [-0.25, -0.2) is 18.4 Å². The molecule has 1 unspecified atom stereocenters. The van der Waals surface area contributed by atoms with Crippen LogP contribution in [0, 0.1) is 0 Å². The fraction of sp³-hybridized carbons (Fsp3) is 0.636. The van der Waals surface area contributed by atoms with E-state index >= 15 is 0 Å². The van der Waals surface area contributed by atoms with Crippen molar-refractivity contribution in [1.29, 1.82) is 0 Å². The molecule has 1 fully saturated rings. The summed E-state index contributed by atoms with van der Waals surface area (Å²) in [7, 11) is -2.87. The van der Waals surface area contributed by atoms with E-state index in [1.54, 1.807) is 6.07 Å². The molecule has 1 aromatic heterocycles. The number of nitrogens with one attached hydrogen (secondary N) is 2. The molecule has 100 valence electrons. The normalized spacial score (nSPS) is 22.1. The third-order valence-corrected chi connectivity index (χ3v) is 4.46. The smallest absolute Gasteiger partial charge is 0.152 e. The first-order chi connectivity index (χ1) is 8.44. The van der Waals surface area contributed by atoms with Crippen molar-refractivity contribution in [3.05, 3.63) is 12.4 Å².